The van der Waals surface area contributed by atoms with E-state index < -0.39 is 0 Å². The van der Waals surface area contributed by atoms with Gasteiger partial charge in [0.05, 0.1) is 12.8 Å². The number of hydrogen-bond donors (Lipinski definition) is 1. The molecule has 2 heterocycles. The minimum Gasteiger partial charge on any atom is -0.496 e. The van der Waals surface area contributed by atoms with Crippen LogP contribution in [0.15, 0.2) is 42.5 Å². The van der Waals surface area contributed by atoms with Crippen molar-refractivity contribution in [1.82, 2.24) is 10.3 Å². The van der Waals surface area contributed by atoms with E-state index in [2.05, 4.69) is 29.6 Å². The Morgan fingerprint density at radius 3 is 2.85 bits per heavy atom. The van der Waals surface area contributed by atoms with Crippen molar-refractivity contribution >= 4 is 0 Å². The predicted molar refractivity (Wildman–Crippen MR) is 81.1 cm³/mol. The number of rotatable bonds is 3. The maximum absolute atomic E-state index is 5.43. The molecule has 3 nitrogen and oxygen atoms in total. The first-order valence-electron chi connectivity index (χ1n) is 7.19. The van der Waals surface area contributed by atoms with Gasteiger partial charge in [0.2, 0.25) is 0 Å². The van der Waals surface area contributed by atoms with Crippen LogP contribution in [0, 0.1) is 0 Å². The molecule has 1 atom stereocenters. The van der Waals surface area contributed by atoms with Gasteiger partial charge in [-0.1, -0.05) is 18.2 Å². The van der Waals surface area contributed by atoms with Gasteiger partial charge in [0.1, 0.15) is 5.75 Å². The number of pyridine rings is 1. The van der Waals surface area contributed by atoms with E-state index in [-0.39, 0.29) is 0 Å². The Morgan fingerprint density at radius 1 is 1.15 bits per heavy atom. The number of nitrogens with one attached hydrogen (secondary N) is 1. The molecule has 3 rings (SSSR count). The van der Waals surface area contributed by atoms with Gasteiger partial charge in [-0.15, -0.1) is 0 Å². The van der Waals surface area contributed by atoms with Crippen LogP contribution in [-0.4, -0.2) is 25.2 Å². The van der Waals surface area contributed by atoms with Crippen molar-refractivity contribution in [2.45, 2.75) is 18.8 Å². The normalized spacial score (nSPS) is 18.8. The minimum absolute atomic E-state index is 0.526. The molecule has 0 saturated carbocycles. The Kier molecular flexibility index (Phi) is 3.97. The number of nitrogens with zero attached hydrogens (tertiary/aromatic N) is 1. The van der Waals surface area contributed by atoms with Gasteiger partial charge in [-0.05, 0) is 43.7 Å². The molecule has 1 N–H and O–H groups in total. The highest BCUT2D eigenvalue weighted by molar-refractivity contribution is 5.67. The van der Waals surface area contributed by atoms with Crippen LogP contribution in [0.5, 0.6) is 5.75 Å². The highest BCUT2D eigenvalue weighted by atomic mass is 16.5. The summed E-state index contributed by atoms with van der Waals surface area (Å²) in [6, 6.07) is 14.3. The van der Waals surface area contributed by atoms with Crippen LogP contribution in [0.25, 0.3) is 11.3 Å². The van der Waals surface area contributed by atoms with Crippen molar-refractivity contribution in [2.75, 3.05) is 20.2 Å². The lowest BCUT2D eigenvalue weighted by molar-refractivity contribution is 0.416. The summed E-state index contributed by atoms with van der Waals surface area (Å²) in [5.74, 6) is 1.40. The van der Waals surface area contributed by atoms with Crippen LogP contribution in [0.2, 0.25) is 0 Å². The van der Waals surface area contributed by atoms with Crippen LogP contribution in [0.1, 0.15) is 24.5 Å². The summed E-state index contributed by atoms with van der Waals surface area (Å²) in [6.07, 6.45) is 2.45. The van der Waals surface area contributed by atoms with Crippen LogP contribution < -0.4 is 10.1 Å². The second-order valence-corrected chi connectivity index (χ2v) is 5.19. The predicted octanol–water partition coefficient (Wildman–Crippen LogP) is 3.22. The average molecular weight is 268 g/mol. The summed E-state index contributed by atoms with van der Waals surface area (Å²) in [7, 11) is 1.70. The summed E-state index contributed by atoms with van der Waals surface area (Å²) in [4.78, 5) is 4.86. The van der Waals surface area contributed by atoms with Crippen LogP contribution in [0.4, 0.5) is 0 Å². The zero-order valence-electron chi connectivity index (χ0n) is 11.8. The molecule has 0 bridgehead atoms. The molecule has 0 amide bonds. The molecular formula is C17H20N2O. The highest BCUT2D eigenvalue weighted by Gasteiger charge is 2.17. The fraction of sp³-hybridized carbons (Fsp3) is 0.353. The van der Waals surface area contributed by atoms with E-state index >= 15 is 0 Å². The number of aromatic nitrogens is 1. The third kappa shape index (κ3) is 2.68. The van der Waals surface area contributed by atoms with Gasteiger partial charge in [-0.2, -0.15) is 0 Å². The minimum atomic E-state index is 0.526. The standard InChI is InChI=1S/C17H20N2O/c1-20-17-10-3-2-7-14(17)16-9-4-8-15(19-16)13-6-5-11-18-12-13/h2-4,7-10,13,18H,5-6,11-12H2,1H3. The lowest BCUT2D eigenvalue weighted by Gasteiger charge is -2.22. The Hall–Kier alpha value is -1.87. The lowest BCUT2D eigenvalue weighted by Crippen LogP contribution is -2.28. The number of piperidine rings is 1. The lowest BCUT2D eigenvalue weighted by atomic mass is 9.95. The van der Waals surface area contributed by atoms with E-state index in [1.807, 2.05) is 18.2 Å². The van der Waals surface area contributed by atoms with Gasteiger partial charge in [0.25, 0.3) is 0 Å². The summed E-state index contributed by atoms with van der Waals surface area (Å²) in [5.41, 5.74) is 3.23. The Labute approximate surface area is 120 Å². The molecule has 1 aliphatic rings. The van der Waals surface area contributed by atoms with E-state index in [1.165, 1.54) is 18.5 Å². The molecule has 0 aliphatic carbocycles. The van der Waals surface area contributed by atoms with E-state index in [0.29, 0.717) is 5.92 Å². The first-order valence-corrected chi connectivity index (χ1v) is 7.19. The third-order valence-corrected chi connectivity index (χ3v) is 3.87. The SMILES string of the molecule is COc1ccccc1-c1cccc(C2CCCNC2)n1. The van der Waals surface area contributed by atoms with Crippen molar-refractivity contribution < 1.29 is 4.74 Å². The molecule has 104 valence electrons. The maximum Gasteiger partial charge on any atom is 0.128 e. The Morgan fingerprint density at radius 2 is 2.05 bits per heavy atom. The van der Waals surface area contributed by atoms with Crippen molar-refractivity contribution in [3.05, 3.63) is 48.2 Å². The van der Waals surface area contributed by atoms with Crippen LogP contribution in [-0.2, 0) is 0 Å². The maximum atomic E-state index is 5.43. The van der Waals surface area contributed by atoms with Crippen molar-refractivity contribution in [3.63, 3.8) is 0 Å². The smallest absolute Gasteiger partial charge is 0.128 e. The molecule has 1 aromatic heterocycles. The Balaban J connectivity index is 1.94. The second-order valence-electron chi connectivity index (χ2n) is 5.19. The van der Waals surface area contributed by atoms with Crippen molar-refractivity contribution in [1.29, 1.82) is 0 Å². The fourth-order valence-electron chi connectivity index (χ4n) is 2.79. The zero-order valence-corrected chi connectivity index (χ0v) is 11.8. The molecule has 3 heteroatoms. The zero-order chi connectivity index (χ0) is 13.8. The summed E-state index contributed by atoms with van der Waals surface area (Å²) >= 11 is 0. The molecule has 1 unspecified atom stereocenters. The van der Waals surface area contributed by atoms with Gasteiger partial charge in [0, 0.05) is 23.7 Å². The molecule has 0 radical (unpaired) electrons. The van der Waals surface area contributed by atoms with Crippen molar-refractivity contribution in [3.8, 4) is 17.0 Å². The number of methoxy groups -OCH3 is 1. The van der Waals surface area contributed by atoms with E-state index in [0.717, 1.165) is 30.1 Å². The topological polar surface area (TPSA) is 34.1 Å². The van der Waals surface area contributed by atoms with Gasteiger partial charge >= 0.3 is 0 Å². The third-order valence-electron chi connectivity index (χ3n) is 3.87. The average Bonchev–Trinajstić information content (AvgIpc) is 2.56. The van der Waals surface area contributed by atoms with Crippen LogP contribution >= 0.6 is 0 Å². The van der Waals surface area contributed by atoms with Gasteiger partial charge in [-0.3, -0.25) is 4.98 Å². The molecule has 20 heavy (non-hydrogen) atoms. The number of benzene rings is 1. The molecule has 1 fully saturated rings. The number of ether oxygens (including phenoxy) is 1. The molecule has 2 aromatic rings. The van der Waals surface area contributed by atoms with Gasteiger partial charge in [0.15, 0.2) is 0 Å². The summed E-state index contributed by atoms with van der Waals surface area (Å²) in [5, 5.41) is 3.45. The molecule has 1 aromatic carbocycles. The van der Waals surface area contributed by atoms with Gasteiger partial charge < -0.3 is 10.1 Å². The number of para-hydroxylation sites is 1. The van der Waals surface area contributed by atoms with E-state index in [1.54, 1.807) is 7.11 Å². The van der Waals surface area contributed by atoms with Crippen molar-refractivity contribution in [2.24, 2.45) is 0 Å². The first-order chi connectivity index (χ1) is 9.88. The highest BCUT2D eigenvalue weighted by Crippen LogP contribution is 2.30. The van der Waals surface area contributed by atoms with E-state index in [9.17, 15) is 0 Å². The van der Waals surface area contributed by atoms with Crippen LogP contribution in [0.3, 0.4) is 0 Å². The molecule has 1 saturated heterocycles. The molecule has 1 aliphatic heterocycles. The quantitative estimate of drug-likeness (QED) is 0.928. The van der Waals surface area contributed by atoms with Gasteiger partial charge in [-0.25, -0.2) is 0 Å². The largest absolute Gasteiger partial charge is 0.496 e. The van der Waals surface area contributed by atoms with E-state index in [4.69, 9.17) is 9.72 Å². The first kappa shape index (κ1) is 13.1. The fourth-order valence-corrected chi connectivity index (χ4v) is 2.79. The number of hydrogen-bond acceptors (Lipinski definition) is 3. The monoisotopic (exact) mass is 268 g/mol. The summed E-state index contributed by atoms with van der Waals surface area (Å²) < 4.78 is 5.43. The molecular weight excluding hydrogens is 248 g/mol. The molecule has 0 spiro atoms. The summed E-state index contributed by atoms with van der Waals surface area (Å²) in [6.45, 7) is 2.16. The Bertz CT molecular complexity index is 577. The second kappa shape index (κ2) is 6.06.